The normalized spacial score (nSPS) is 13.9. The van der Waals surface area contributed by atoms with E-state index in [1.165, 1.54) is 36.6 Å². The van der Waals surface area contributed by atoms with Gasteiger partial charge in [0, 0.05) is 12.4 Å². The number of hydrogen-bond donors (Lipinski definition) is 0. The van der Waals surface area contributed by atoms with Crippen molar-refractivity contribution in [2.75, 3.05) is 7.11 Å². The van der Waals surface area contributed by atoms with Gasteiger partial charge in [-0.15, -0.1) is 0 Å². The first kappa shape index (κ1) is 14.8. The first-order valence-electron chi connectivity index (χ1n) is 7.80. The summed E-state index contributed by atoms with van der Waals surface area (Å²) in [6.07, 6.45) is 7.76. The summed E-state index contributed by atoms with van der Waals surface area (Å²) in [6, 6.07) is 8.27. The number of methoxy groups -OCH3 is 1. The molecule has 3 rings (SSSR count). The van der Waals surface area contributed by atoms with Crippen LogP contribution in [0.15, 0.2) is 36.7 Å². The number of ether oxygens (including phenoxy) is 1. The van der Waals surface area contributed by atoms with Crippen molar-refractivity contribution in [2.24, 2.45) is 0 Å². The topological polar surface area (TPSA) is 39.2 Å². The lowest BCUT2D eigenvalue weighted by Gasteiger charge is -2.13. The Balaban J connectivity index is 1.82. The van der Waals surface area contributed by atoms with Crippen LogP contribution in [0, 0.1) is 6.92 Å². The fourth-order valence-corrected chi connectivity index (χ4v) is 3.12. The minimum absolute atomic E-state index is 0.288. The summed E-state index contributed by atoms with van der Waals surface area (Å²) in [7, 11) is 1.41. The third-order valence-electron chi connectivity index (χ3n) is 4.37. The number of carbonyl (C=O) groups excluding carboxylic acids is 1. The van der Waals surface area contributed by atoms with Gasteiger partial charge >= 0.3 is 5.97 Å². The van der Waals surface area contributed by atoms with Crippen LogP contribution in [0.1, 0.15) is 51.4 Å². The molecule has 1 aliphatic rings. The minimum atomic E-state index is -0.288. The van der Waals surface area contributed by atoms with Crippen molar-refractivity contribution in [2.45, 2.75) is 38.5 Å². The summed E-state index contributed by atoms with van der Waals surface area (Å²) in [6.45, 7) is 2.20. The second-order valence-corrected chi connectivity index (χ2v) is 5.95. The standard InChI is InChI=1S/C19H21NO2/c1-13-4-3-5-14(18(13)15-6-7-15)8-9-16-12-20-11-10-17(16)19(21)22-2/h3-5,10-12,15H,6-9H2,1-2H3. The highest BCUT2D eigenvalue weighted by Gasteiger charge is 2.27. The number of esters is 1. The fourth-order valence-electron chi connectivity index (χ4n) is 3.12. The van der Waals surface area contributed by atoms with Gasteiger partial charge in [-0.3, -0.25) is 4.98 Å². The lowest BCUT2D eigenvalue weighted by molar-refractivity contribution is 0.0599. The molecule has 0 saturated heterocycles. The summed E-state index contributed by atoms with van der Waals surface area (Å²) < 4.78 is 4.85. The highest BCUT2D eigenvalue weighted by Crippen LogP contribution is 2.43. The van der Waals surface area contributed by atoms with Crippen molar-refractivity contribution in [1.29, 1.82) is 0 Å². The van der Waals surface area contributed by atoms with Gasteiger partial charge in [-0.25, -0.2) is 4.79 Å². The molecule has 1 aliphatic carbocycles. The summed E-state index contributed by atoms with van der Waals surface area (Å²) in [5.41, 5.74) is 5.89. The summed E-state index contributed by atoms with van der Waals surface area (Å²) in [5.74, 6) is 0.453. The molecule has 0 amide bonds. The zero-order valence-electron chi connectivity index (χ0n) is 13.1. The number of aryl methyl sites for hydroxylation is 3. The van der Waals surface area contributed by atoms with Gasteiger partial charge in [-0.1, -0.05) is 18.2 Å². The molecule has 3 nitrogen and oxygen atoms in total. The highest BCUT2D eigenvalue weighted by molar-refractivity contribution is 5.90. The zero-order chi connectivity index (χ0) is 15.5. The van der Waals surface area contributed by atoms with Crippen LogP contribution >= 0.6 is 0 Å². The van der Waals surface area contributed by atoms with Crippen LogP contribution in [-0.4, -0.2) is 18.1 Å². The van der Waals surface area contributed by atoms with Gasteiger partial charge in [-0.05, 0) is 66.8 Å². The van der Waals surface area contributed by atoms with Crippen LogP contribution in [0.2, 0.25) is 0 Å². The molecular weight excluding hydrogens is 274 g/mol. The molecule has 0 spiro atoms. The molecule has 114 valence electrons. The van der Waals surface area contributed by atoms with E-state index in [2.05, 4.69) is 30.1 Å². The number of carbonyl (C=O) groups is 1. The third-order valence-corrected chi connectivity index (χ3v) is 4.37. The number of hydrogen-bond acceptors (Lipinski definition) is 3. The van der Waals surface area contributed by atoms with Crippen LogP contribution in [0.25, 0.3) is 0 Å². The molecule has 0 atom stereocenters. The van der Waals surface area contributed by atoms with Crippen LogP contribution in [0.4, 0.5) is 0 Å². The van der Waals surface area contributed by atoms with Crippen LogP contribution in [0.3, 0.4) is 0 Å². The SMILES string of the molecule is COC(=O)c1ccncc1CCc1cccc(C)c1C1CC1. The molecule has 2 aromatic rings. The van der Waals surface area contributed by atoms with Gasteiger partial charge in [0.25, 0.3) is 0 Å². The van der Waals surface area contributed by atoms with Gasteiger partial charge in [0.15, 0.2) is 0 Å². The first-order chi connectivity index (χ1) is 10.7. The molecule has 0 unspecified atom stereocenters. The van der Waals surface area contributed by atoms with Gasteiger partial charge in [-0.2, -0.15) is 0 Å². The van der Waals surface area contributed by atoms with Gasteiger partial charge in [0.1, 0.15) is 0 Å². The van der Waals surface area contributed by atoms with E-state index in [4.69, 9.17) is 4.74 Å². The molecule has 22 heavy (non-hydrogen) atoms. The predicted molar refractivity (Wildman–Crippen MR) is 86.1 cm³/mol. The Hall–Kier alpha value is -2.16. The Bertz CT molecular complexity index is 690. The lowest BCUT2D eigenvalue weighted by atomic mass is 9.93. The Kier molecular flexibility index (Phi) is 4.23. The average molecular weight is 295 g/mol. The highest BCUT2D eigenvalue weighted by atomic mass is 16.5. The van der Waals surface area contributed by atoms with Gasteiger partial charge < -0.3 is 4.74 Å². The number of benzene rings is 1. The fraction of sp³-hybridized carbons (Fsp3) is 0.368. The van der Waals surface area contributed by atoms with Gasteiger partial charge in [0.05, 0.1) is 12.7 Å². The largest absolute Gasteiger partial charge is 0.465 e. The van der Waals surface area contributed by atoms with E-state index in [1.54, 1.807) is 18.5 Å². The minimum Gasteiger partial charge on any atom is -0.465 e. The van der Waals surface area contributed by atoms with Gasteiger partial charge in [0.2, 0.25) is 0 Å². The smallest absolute Gasteiger partial charge is 0.338 e. The molecule has 1 aromatic heterocycles. The predicted octanol–water partition coefficient (Wildman–Crippen LogP) is 3.84. The van der Waals surface area contributed by atoms with Crippen molar-refractivity contribution in [3.63, 3.8) is 0 Å². The van der Waals surface area contributed by atoms with Crippen molar-refractivity contribution < 1.29 is 9.53 Å². The molecule has 0 aliphatic heterocycles. The molecule has 0 radical (unpaired) electrons. The van der Waals surface area contributed by atoms with E-state index < -0.39 is 0 Å². The Morgan fingerprint density at radius 3 is 2.73 bits per heavy atom. The maximum Gasteiger partial charge on any atom is 0.338 e. The summed E-state index contributed by atoms with van der Waals surface area (Å²) in [5, 5.41) is 0. The van der Waals surface area contributed by atoms with E-state index in [-0.39, 0.29) is 5.97 Å². The van der Waals surface area contributed by atoms with Crippen LogP contribution in [-0.2, 0) is 17.6 Å². The van der Waals surface area contributed by atoms with Crippen molar-refractivity contribution in [3.05, 3.63) is 64.5 Å². The second-order valence-electron chi connectivity index (χ2n) is 5.95. The summed E-state index contributed by atoms with van der Waals surface area (Å²) in [4.78, 5) is 16.0. The zero-order valence-corrected chi connectivity index (χ0v) is 13.1. The maximum atomic E-state index is 11.8. The molecular formula is C19H21NO2. The molecule has 0 N–H and O–H groups in total. The molecule has 1 aromatic carbocycles. The molecule has 3 heteroatoms. The number of aromatic nitrogens is 1. The Morgan fingerprint density at radius 2 is 2.00 bits per heavy atom. The van der Waals surface area contributed by atoms with Crippen molar-refractivity contribution in [1.82, 2.24) is 4.98 Å². The maximum absolute atomic E-state index is 11.8. The summed E-state index contributed by atoms with van der Waals surface area (Å²) >= 11 is 0. The quantitative estimate of drug-likeness (QED) is 0.787. The molecule has 1 fully saturated rings. The third kappa shape index (κ3) is 3.03. The second kappa shape index (κ2) is 6.30. The van der Waals surface area contributed by atoms with E-state index in [9.17, 15) is 4.79 Å². The van der Waals surface area contributed by atoms with Crippen LogP contribution < -0.4 is 0 Å². The number of rotatable bonds is 5. The van der Waals surface area contributed by atoms with E-state index in [1.807, 2.05) is 0 Å². The van der Waals surface area contributed by atoms with E-state index >= 15 is 0 Å². The molecule has 0 bridgehead atoms. The Morgan fingerprint density at radius 1 is 1.23 bits per heavy atom. The van der Waals surface area contributed by atoms with E-state index in [0.717, 1.165) is 24.3 Å². The molecule has 1 heterocycles. The van der Waals surface area contributed by atoms with Crippen LogP contribution in [0.5, 0.6) is 0 Å². The Labute approximate surface area is 131 Å². The first-order valence-corrected chi connectivity index (χ1v) is 7.80. The van der Waals surface area contributed by atoms with Crippen molar-refractivity contribution in [3.8, 4) is 0 Å². The average Bonchev–Trinajstić information content (AvgIpc) is 3.37. The molecule has 1 saturated carbocycles. The lowest BCUT2D eigenvalue weighted by Crippen LogP contribution is -2.07. The van der Waals surface area contributed by atoms with Crippen molar-refractivity contribution >= 4 is 5.97 Å². The number of pyridine rings is 1. The number of nitrogens with zero attached hydrogens (tertiary/aromatic N) is 1. The van der Waals surface area contributed by atoms with E-state index in [0.29, 0.717) is 5.56 Å². The monoisotopic (exact) mass is 295 g/mol.